The Morgan fingerprint density at radius 3 is 2.25 bits per heavy atom. The summed E-state index contributed by atoms with van der Waals surface area (Å²) < 4.78 is 66.6. The van der Waals surface area contributed by atoms with Crippen molar-refractivity contribution in [2.75, 3.05) is 26.1 Å². The third-order valence-corrected chi connectivity index (χ3v) is 10.3. The van der Waals surface area contributed by atoms with Crippen molar-refractivity contribution in [1.82, 2.24) is 19.7 Å². The van der Waals surface area contributed by atoms with Crippen LogP contribution in [0.5, 0.6) is 5.75 Å². The van der Waals surface area contributed by atoms with E-state index in [1.54, 1.807) is 52.0 Å². The Kier molecular flexibility index (Phi) is 14.1. The molecule has 3 aromatic rings. The lowest BCUT2D eigenvalue weighted by Gasteiger charge is -2.40. The van der Waals surface area contributed by atoms with Crippen LogP contribution in [0.4, 0.5) is 10.2 Å². The summed E-state index contributed by atoms with van der Waals surface area (Å²) in [7, 11) is -3.45. The van der Waals surface area contributed by atoms with Crippen LogP contribution in [0.2, 0.25) is 0 Å². The highest BCUT2D eigenvalue weighted by Crippen LogP contribution is 2.47. The number of esters is 3. The number of ether oxygens (including phenoxy) is 4. The second-order valence-electron chi connectivity index (χ2n) is 13.4. The average molecular weight is 750 g/mol. The maximum atomic E-state index is 15.7. The van der Waals surface area contributed by atoms with E-state index in [9.17, 15) is 18.9 Å². The van der Waals surface area contributed by atoms with Gasteiger partial charge < -0.3 is 29.2 Å². The van der Waals surface area contributed by atoms with Crippen molar-refractivity contribution in [2.45, 2.75) is 96.7 Å². The highest BCUT2D eigenvalue weighted by Gasteiger charge is 2.52. The Morgan fingerprint density at radius 1 is 0.981 bits per heavy atom. The molecular formula is C35H49FN5O10P. The zero-order valence-corrected chi connectivity index (χ0v) is 31.3. The molecule has 2 aromatic heterocycles. The fraction of sp³-hybridized carbons (Fsp3) is 0.571. The molecule has 1 fully saturated rings. The van der Waals surface area contributed by atoms with Crippen molar-refractivity contribution < 1.29 is 51.3 Å². The van der Waals surface area contributed by atoms with E-state index in [4.69, 9.17) is 33.7 Å². The summed E-state index contributed by atoms with van der Waals surface area (Å²) in [6, 6.07) is 9.89. The Morgan fingerprint density at radius 2 is 1.63 bits per heavy atom. The number of aromatic nitrogens is 3. The summed E-state index contributed by atoms with van der Waals surface area (Å²) in [5.41, 5.74) is 4.24. The number of nitrogens with zero attached hydrogens (tertiary/aromatic N) is 3. The minimum Gasteiger partial charge on any atom is -0.461 e. The van der Waals surface area contributed by atoms with Gasteiger partial charge in [-0.2, -0.15) is 10.2 Å². The minimum atomic E-state index is -4.59. The molecule has 1 aromatic carbocycles. The largest absolute Gasteiger partial charge is 0.461 e. The molecule has 0 saturated heterocycles. The van der Waals surface area contributed by atoms with Gasteiger partial charge in [0.2, 0.25) is 0 Å². The van der Waals surface area contributed by atoms with Gasteiger partial charge in [0.1, 0.15) is 36.4 Å². The highest BCUT2D eigenvalue weighted by molar-refractivity contribution is 7.52. The fourth-order valence-electron chi connectivity index (χ4n) is 5.50. The molecule has 1 aliphatic carbocycles. The Balaban J connectivity index is 1.76. The lowest BCUT2D eigenvalue weighted by molar-refractivity contribution is -0.211. The van der Waals surface area contributed by atoms with Gasteiger partial charge in [-0.05, 0) is 56.9 Å². The minimum absolute atomic E-state index is 0.0962. The van der Waals surface area contributed by atoms with Crippen molar-refractivity contribution in [2.24, 2.45) is 11.8 Å². The Labute approximate surface area is 302 Å². The van der Waals surface area contributed by atoms with Gasteiger partial charge in [0.25, 0.3) is 0 Å². The van der Waals surface area contributed by atoms with Gasteiger partial charge in [0.05, 0.1) is 24.1 Å². The van der Waals surface area contributed by atoms with E-state index >= 15 is 4.39 Å². The monoisotopic (exact) mass is 749 g/mol. The average Bonchev–Trinajstić information content (AvgIpc) is 3.56. The number of fused-ring (bicyclic) bond motifs is 1. The van der Waals surface area contributed by atoms with Crippen LogP contribution in [0.3, 0.4) is 0 Å². The van der Waals surface area contributed by atoms with Crippen molar-refractivity contribution in [3.05, 3.63) is 54.5 Å². The third kappa shape index (κ3) is 10.1. The number of halogens is 1. The van der Waals surface area contributed by atoms with E-state index in [-0.39, 0.29) is 23.4 Å². The van der Waals surface area contributed by atoms with Crippen LogP contribution < -0.4 is 15.3 Å². The summed E-state index contributed by atoms with van der Waals surface area (Å²) in [6.45, 7) is 5.46. The van der Waals surface area contributed by atoms with Gasteiger partial charge in [-0.3, -0.25) is 18.9 Å². The molecule has 1 saturated carbocycles. The van der Waals surface area contributed by atoms with Gasteiger partial charge in [-0.15, -0.1) is 0 Å². The van der Waals surface area contributed by atoms with Gasteiger partial charge in [0, 0.05) is 7.11 Å². The molecule has 2 heterocycles. The first-order valence-electron chi connectivity index (χ1n) is 17.3. The summed E-state index contributed by atoms with van der Waals surface area (Å²) in [6.07, 6.45) is 1.90. The number of alkyl halides is 1. The van der Waals surface area contributed by atoms with Crippen LogP contribution in [0, 0.1) is 11.8 Å². The molecule has 1 aliphatic rings. The number of carbonyl (C=O) groups excluding carboxylic acids is 3. The number of benzene rings is 1. The number of hydrogen-bond donors (Lipinski definition) is 2. The van der Waals surface area contributed by atoms with Crippen LogP contribution in [-0.4, -0.2) is 76.7 Å². The van der Waals surface area contributed by atoms with E-state index in [0.29, 0.717) is 18.4 Å². The molecule has 3 N–H and O–H groups in total. The van der Waals surface area contributed by atoms with E-state index in [1.807, 2.05) is 0 Å². The first-order chi connectivity index (χ1) is 24.7. The van der Waals surface area contributed by atoms with E-state index < -0.39 is 74.6 Å². The van der Waals surface area contributed by atoms with E-state index in [2.05, 4.69) is 15.2 Å². The topological polar surface area (TPSA) is 192 Å². The number of para-hydroxylation sites is 1. The second kappa shape index (κ2) is 18.1. The normalized spacial score (nSPS) is 17.9. The van der Waals surface area contributed by atoms with Crippen LogP contribution in [0.1, 0.15) is 78.5 Å². The molecule has 0 bridgehead atoms. The molecule has 286 valence electrons. The lowest BCUT2D eigenvalue weighted by Crippen LogP contribution is -2.56. The predicted molar refractivity (Wildman–Crippen MR) is 188 cm³/mol. The molecule has 15 nitrogen and oxygen atoms in total. The summed E-state index contributed by atoms with van der Waals surface area (Å²) in [4.78, 5) is 43.6. The standard InChI is InChI=1S/C35H49FN5O10P/c1-22(2)32(42)49-29(27-17-18-28-31(37)38-21-39-41(27)28)30(50-33(43)23(3)4)35(19-36,46-6)20-47-52(45,51-26-15-11-8-12-16-26)40-24(5)34(44)48-25-13-9-7-10-14-25/h8,11-12,15-18,21-25,29-30H,7,9-10,13-14,19-20H2,1-6H3,(H,40,45)(H2,37,38,39)/t24-,29-,30-,35+,52?/m0/s1. The first kappa shape index (κ1) is 40.7. The van der Waals surface area contributed by atoms with E-state index in [0.717, 1.165) is 26.4 Å². The summed E-state index contributed by atoms with van der Waals surface area (Å²) >= 11 is 0. The van der Waals surface area contributed by atoms with Crippen LogP contribution in [0.25, 0.3) is 5.52 Å². The highest BCUT2D eigenvalue weighted by atomic mass is 31.2. The van der Waals surface area contributed by atoms with Crippen LogP contribution in [0.15, 0.2) is 48.8 Å². The quantitative estimate of drug-likeness (QED) is 0.0937. The van der Waals surface area contributed by atoms with Crippen molar-refractivity contribution in [1.29, 1.82) is 0 Å². The molecule has 1 unspecified atom stereocenters. The number of nitrogen functional groups attached to an aromatic ring is 1. The first-order valence-corrected chi connectivity index (χ1v) is 18.8. The fourth-order valence-corrected chi connectivity index (χ4v) is 7.05. The predicted octanol–water partition coefficient (Wildman–Crippen LogP) is 5.53. The van der Waals surface area contributed by atoms with Crippen LogP contribution in [-0.2, 0) is 42.4 Å². The molecule has 52 heavy (non-hydrogen) atoms. The van der Waals surface area contributed by atoms with E-state index in [1.165, 1.54) is 36.0 Å². The SMILES string of the molecule is CO[C@](CF)(COP(=O)(N[C@@H](C)C(=O)OC1CCCCC1)Oc1ccccc1)[C@@H](OC(=O)C(C)C)[C@@H](OC(=O)C(C)C)c1ccc2c(N)ncnn12. The summed E-state index contributed by atoms with van der Waals surface area (Å²) in [5.74, 6) is -3.36. The van der Waals surface area contributed by atoms with Gasteiger partial charge >= 0.3 is 25.7 Å². The molecule has 0 amide bonds. The Bertz CT molecular complexity index is 1700. The van der Waals surface area contributed by atoms with Crippen LogP contribution >= 0.6 is 7.75 Å². The molecular weight excluding hydrogens is 700 g/mol. The maximum absolute atomic E-state index is 15.7. The molecule has 0 radical (unpaired) electrons. The number of methoxy groups -OCH3 is 1. The molecule has 0 spiro atoms. The number of anilines is 1. The Hall–Kier alpha value is -4.11. The summed E-state index contributed by atoms with van der Waals surface area (Å²) in [5, 5.41) is 6.85. The number of rotatable bonds is 18. The second-order valence-corrected chi connectivity index (χ2v) is 15.0. The number of nitrogens with two attached hydrogens (primary N) is 1. The van der Waals surface area contributed by atoms with Crippen molar-refractivity contribution in [3.63, 3.8) is 0 Å². The smallest absolute Gasteiger partial charge is 0.459 e. The third-order valence-electron chi connectivity index (χ3n) is 8.65. The zero-order chi connectivity index (χ0) is 38.1. The number of nitrogens with one attached hydrogen (secondary N) is 1. The molecule has 4 rings (SSSR count). The molecule has 0 aliphatic heterocycles. The van der Waals surface area contributed by atoms with Gasteiger partial charge in [-0.25, -0.2) is 18.5 Å². The maximum Gasteiger partial charge on any atom is 0.459 e. The molecule has 5 atom stereocenters. The van der Waals surface area contributed by atoms with Crippen molar-refractivity contribution in [3.8, 4) is 5.75 Å². The zero-order valence-electron chi connectivity index (χ0n) is 30.4. The van der Waals surface area contributed by atoms with Gasteiger partial charge in [-0.1, -0.05) is 52.3 Å². The number of hydrogen-bond acceptors (Lipinski definition) is 13. The van der Waals surface area contributed by atoms with Gasteiger partial charge in [0.15, 0.2) is 23.6 Å². The van der Waals surface area contributed by atoms with Crippen molar-refractivity contribution >= 4 is 37.0 Å². The molecule has 17 heteroatoms. The number of carbonyl (C=O) groups is 3. The lowest BCUT2D eigenvalue weighted by atomic mass is 9.91.